The summed E-state index contributed by atoms with van der Waals surface area (Å²) in [4.78, 5) is 56.5. The highest BCUT2D eigenvalue weighted by atomic mass is 32.2. The molecule has 0 spiro atoms. The zero-order chi connectivity index (χ0) is 18.7. The molecule has 0 saturated carbocycles. The first kappa shape index (κ1) is 18.2. The van der Waals surface area contributed by atoms with E-state index in [0.717, 1.165) is 11.8 Å². The Hall–Kier alpha value is -2.56. The first-order valence-corrected chi connectivity index (χ1v) is 9.25. The number of primary amides is 1. The Bertz CT molecular complexity index is 709. The molecule has 3 rings (SSSR count). The van der Waals surface area contributed by atoms with E-state index in [1.807, 2.05) is 0 Å². The van der Waals surface area contributed by atoms with Gasteiger partial charge in [-0.25, -0.2) is 4.98 Å². The highest BCUT2D eigenvalue weighted by Crippen LogP contribution is 2.19. The Kier molecular flexibility index (Phi) is 5.45. The molecule has 140 valence electrons. The summed E-state index contributed by atoms with van der Waals surface area (Å²) >= 11 is 1.02. The maximum Gasteiger partial charge on any atom is 0.279 e. The van der Waals surface area contributed by atoms with Crippen molar-refractivity contribution in [2.24, 2.45) is 5.73 Å². The Morgan fingerprint density at radius 1 is 1.46 bits per heavy atom. The van der Waals surface area contributed by atoms with Gasteiger partial charge in [0.25, 0.3) is 5.24 Å². The molecule has 2 saturated heterocycles. The molecule has 26 heavy (non-hydrogen) atoms. The van der Waals surface area contributed by atoms with Crippen LogP contribution in [0.5, 0.6) is 0 Å². The van der Waals surface area contributed by atoms with Gasteiger partial charge in [-0.05, 0) is 12.8 Å². The Balaban J connectivity index is 1.74. The van der Waals surface area contributed by atoms with E-state index < -0.39 is 29.9 Å². The molecule has 5 N–H and O–H groups in total. The normalized spacial score (nSPS) is 23.5. The number of nitrogens with one attached hydrogen (secondary N) is 3. The maximum absolute atomic E-state index is 13.0. The highest BCUT2D eigenvalue weighted by Gasteiger charge is 2.38. The molecule has 1 aromatic rings. The summed E-state index contributed by atoms with van der Waals surface area (Å²) < 4.78 is 0. The van der Waals surface area contributed by atoms with E-state index in [9.17, 15) is 19.2 Å². The highest BCUT2D eigenvalue weighted by molar-refractivity contribution is 8.14. The van der Waals surface area contributed by atoms with Crippen molar-refractivity contribution in [2.45, 2.75) is 37.4 Å². The van der Waals surface area contributed by atoms with E-state index in [2.05, 4.69) is 20.6 Å². The number of aromatic amines is 1. The summed E-state index contributed by atoms with van der Waals surface area (Å²) in [5, 5.41) is 4.97. The molecule has 0 bridgehead atoms. The van der Waals surface area contributed by atoms with Crippen LogP contribution in [0.25, 0.3) is 0 Å². The van der Waals surface area contributed by atoms with Crippen LogP contribution < -0.4 is 16.4 Å². The number of rotatable bonds is 6. The van der Waals surface area contributed by atoms with Gasteiger partial charge in [0.1, 0.15) is 18.1 Å². The number of hydrogen-bond acceptors (Lipinski definition) is 6. The van der Waals surface area contributed by atoms with Crippen LogP contribution in [0, 0.1) is 0 Å². The van der Waals surface area contributed by atoms with Crippen molar-refractivity contribution < 1.29 is 19.2 Å². The molecule has 0 aliphatic carbocycles. The molecule has 2 aliphatic rings. The summed E-state index contributed by atoms with van der Waals surface area (Å²) in [6.45, 7) is 0.414. The minimum atomic E-state index is -0.884. The lowest BCUT2D eigenvalue weighted by molar-refractivity contribution is -0.140. The molecule has 4 amide bonds. The smallest absolute Gasteiger partial charge is 0.279 e. The predicted octanol–water partition coefficient (Wildman–Crippen LogP) is -1.26. The lowest BCUT2D eigenvalue weighted by atomic mass is 10.1. The molecule has 2 aliphatic heterocycles. The van der Waals surface area contributed by atoms with Gasteiger partial charge in [0, 0.05) is 30.6 Å². The van der Waals surface area contributed by atoms with Crippen molar-refractivity contribution in [3.63, 3.8) is 0 Å². The number of H-pyrrole nitrogens is 1. The summed E-state index contributed by atoms with van der Waals surface area (Å²) in [6, 6.07) is -2.23. The zero-order valence-electron chi connectivity index (χ0n) is 13.9. The Morgan fingerprint density at radius 3 is 2.88 bits per heavy atom. The molecule has 1 aromatic heterocycles. The van der Waals surface area contributed by atoms with Crippen LogP contribution in [0.4, 0.5) is 4.79 Å². The lowest BCUT2D eigenvalue weighted by Gasteiger charge is -2.28. The SMILES string of the molecule is NC(=O)[C@@H]1CCCN1C(=O)[C@H](Cc1cnc[nH]1)NC(=O)C1CSC(=O)N1. The van der Waals surface area contributed by atoms with Gasteiger partial charge in [0.2, 0.25) is 17.7 Å². The van der Waals surface area contributed by atoms with E-state index in [0.29, 0.717) is 30.8 Å². The number of thioether (sulfide) groups is 1. The second-order valence-electron chi connectivity index (χ2n) is 6.23. The van der Waals surface area contributed by atoms with Crippen LogP contribution in [0.1, 0.15) is 18.5 Å². The number of aromatic nitrogens is 2. The van der Waals surface area contributed by atoms with Crippen molar-refractivity contribution >= 4 is 34.7 Å². The largest absolute Gasteiger partial charge is 0.368 e. The van der Waals surface area contributed by atoms with Gasteiger partial charge in [-0.3, -0.25) is 19.2 Å². The fourth-order valence-corrected chi connectivity index (χ4v) is 3.92. The van der Waals surface area contributed by atoms with Crippen molar-refractivity contribution in [1.29, 1.82) is 0 Å². The summed E-state index contributed by atoms with van der Waals surface area (Å²) in [6.07, 6.45) is 4.44. The molecular weight excluding hydrogens is 360 g/mol. The molecule has 2 fully saturated rings. The first-order chi connectivity index (χ1) is 12.5. The Morgan fingerprint density at radius 2 is 2.27 bits per heavy atom. The van der Waals surface area contributed by atoms with E-state index in [1.165, 1.54) is 11.2 Å². The fraction of sp³-hybridized carbons (Fsp3) is 0.533. The van der Waals surface area contributed by atoms with Gasteiger partial charge in [0.05, 0.1) is 6.33 Å². The van der Waals surface area contributed by atoms with Gasteiger partial charge in [-0.2, -0.15) is 0 Å². The molecule has 0 radical (unpaired) electrons. The average Bonchev–Trinajstić information content (AvgIpc) is 3.34. The van der Waals surface area contributed by atoms with Crippen LogP contribution in [-0.2, 0) is 20.8 Å². The molecule has 10 nitrogen and oxygen atoms in total. The van der Waals surface area contributed by atoms with Gasteiger partial charge in [-0.15, -0.1) is 0 Å². The maximum atomic E-state index is 13.0. The number of nitrogens with zero attached hydrogens (tertiary/aromatic N) is 2. The van der Waals surface area contributed by atoms with Gasteiger partial charge in [-0.1, -0.05) is 11.8 Å². The second-order valence-corrected chi connectivity index (χ2v) is 7.22. The van der Waals surface area contributed by atoms with E-state index in [1.54, 1.807) is 6.20 Å². The van der Waals surface area contributed by atoms with E-state index in [-0.39, 0.29) is 17.6 Å². The van der Waals surface area contributed by atoms with Gasteiger partial charge >= 0.3 is 0 Å². The minimum Gasteiger partial charge on any atom is -0.368 e. The van der Waals surface area contributed by atoms with Crippen molar-refractivity contribution in [2.75, 3.05) is 12.3 Å². The van der Waals surface area contributed by atoms with Gasteiger partial charge < -0.3 is 26.3 Å². The quantitative estimate of drug-likeness (QED) is 0.484. The van der Waals surface area contributed by atoms with E-state index in [4.69, 9.17) is 5.73 Å². The summed E-state index contributed by atoms with van der Waals surface area (Å²) in [7, 11) is 0. The third kappa shape index (κ3) is 3.98. The summed E-state index contributed by atoms with van der Waals surface area (Å²) in [5.41, 5.74) is 6.06. The van der Waals surface area contributed by atoms with Crippen LogP contribution in [0.15, 0.2) is 12.5 Å². The molecule has 0 aromatic carbocycles. The topological polar surface area (TPSA) is 150 Å². The number of carbonyl (C=O) groups is 4. The fourth-order valence-electron chi connectivity index (χ4n) is 3.14. The number of hydrogen-bond donors (Lipinski definition) is 4. The molecule has 11 heteroatoms. The Labute approximate surface area is 153 Å². The molecular formula is C15H20N6O4S. The zero-order valence-corrected chi connectivity index (χ0v) is 14.8. The second kappa shape index (κ2) is 7.77. The van der Waals surface area contributed by atoms with Crippen LogP contribution >= 0.6 is 11.8 Å². The van der Waals surface area contributed by atoms with Crippen LogP contribution in [0.3, 0.4) is 0 Å². The molecule has 3 atom stereocenters. The van der Waals surface area contributed by atoms with Crippen LogP contribution in [-0.4, -0.2) is 68.3 Å². The van der Waals surface area contributed by atoms with Crippen molar-refractivity contribution in [3.05, 3.63) is 18.2 Å². The lowest BCUT2D eigenvalue weighted by Crippen LogP contribution is -2.56. The number of carbonyl (C=O) groups excluding carboxylic acids is 4. The predicted molar refractivity (Wildman–Crippen MR) is 92.9 cm³/mol. The standard InChI is InChI=1S/C15H20N6O4S/c16-12(22)11-2-1-3-21(11)14(24)9(4-8-5-17-7-18-8)19-13(23)10-6-26-15(25)20-10/h5,7,9-11H,1-4,6H2,(H2,16,22)(H,17,18)(H,19,23)(H,20,25)/t9-,10?,11-/m0/s1. The molecule has 3 heterocycles. The average molecular weight is 380 g/mol. The number of likely N-dealkylation sites (tertiary alicyclic amines) is 1. The summed E-state index contributed by atoms with van der Waals surface area (Å²) in [5.74, 6) is -1.05. The number of amides is 4. The molecule has 1 unspecified atom stereocenters. The van der Waals surface area contributed by atoms with Crippen molar-refractivity contribution in [1.82, 2.24) is 25.5 Å². The first-order valence-electron chi connectivity index (χ1n) is 8.26. The number of imidazole rings is 1. The van der Waals surface area contributed by atoms with Crippen LogP contribution in [0.2, 0.25) is 0 Å². The van der Waals surface area contributed by atoms with Gasteiger partial charge in [0.15, 0.2) is 0 Å². The number of nitrogens with two attached hydrogens (primary N) is 1. The van der Waals surface area contributed by atoms with Crippen molar-refractivity contribution in [3.8, 4) is 0 Å². The monoisotopic (exact) mass is 380 g/mol. The minimum absolute atomic E-state index is 0.195. The third-order valence-corrected chi connectivity index (χ3v) is 5.33. The third-order valence-electron chi connectivity index (χ3n) is 4.45. The van der Waals surface area contributed by atoms with E-state index >= 15 is 0 Å².